The molecular formula is C21H29N2O3S+. The third-order valence-electron chi connectivity index (χ3n) is 4.31. The molecular weight excluding hydrogens is 360 g/mol. The molecule has 0 fully saturated rings. The van der Waals surface area contributed by atoms with E-state index in [4.69, 9.17) is 9.47 Å². The molecule has 5 nitrogen and oxygen atoms in total. The van der Waals surface area contributed by atoms with Gasteiger partial charge in [-0.3, -0.25) is 4.79 Å². The molecule has 0 aromatic heterocycles. The highest BCUT2D eigenvalue weighted by Gasteiger charge is 2.11. The Morgan fingerprint density at radius 2 is 1.70 bits per heavy atom. The van der Waals surface area contributed by atoms with Gasteiger partial charge in [0.25, 0.3) is 5.91 Å². The molecule has 0 aliphatic rings. The molecule has 0 bridgehead atoms. The fourth-order valence-corrected chi connectivity index (χ4v) is 3.28. The maximum Gasteiger partial charge on any atom is 0.275 e. The summed E-state index contributed by atoms with van der Waals surface area (Å²) in [4.78, 5) is 14.6. The summed E-state index contributed by atoms with van der Waals surface area (Å²) in [6, 6.07) is 14.3. The lowest BCUT2D eigenvalue weighted by Gasteiger charge is -2.14. The number of methoxy groups -OCH3 is 2. The molecule has 1 amide bonds. The van der Waals surface area contributed by atoms with E-state index in [-0.39, 0.29) is 5.91 Å². The highest BCUT2D eigenvalue weighted by Crippen LogP contribution is 2.27. The van der Waals surface area contributed by atoms with Gasteiger partial charge in [-0.15, -0.1) is 11.8 Å². The summed E-state index contributed by atoms with van der Waals surface area (Å²) in [6.07, 6.45) is 2.82. The second-order valence-electron chi connectivity index (χ2n) is 6.45. The minimum Gasteiger partial charge on any atom is -0.493 e. The number of rotatable bonds is 10. The number of carbonyl (C=O) groups is 1. The minimum absolute atomic E-state index is 0.0636. The lowest BCUT2D eigenvalue weighted by Crippen LogP contribution is -3.08. The summed E-state index contributed by atoms with van der Waals surface area (Å²) < 4.78 is 10.6. The first-order valence-corrected chi connectivity index (χ1v) is 10.2. The SMILES string of the molecule is COc1ccc(CCNC(=O)C[NH+](C)Cc2ccc(SC)cc2)cc1OC. The Hall–Kier alpha value is -2.18. The van der Waals surface area contributed by atoms with Gasteiger partial charge in [-0.25, -0.2) is 0 Å². The van der Waals surface area contributed by atoms with Crippen molar-refractivity contribution in [3.63, 3.8) is 0 Å². The quantitative estimate of drug-likeness (QED) is 0.609. The van der Waals surface area contributed by atoms with Gasteiger partial charge in [0.1, 0.15) is 6.54 Å². The summed E-state index contributed by atoms with van der Waals surface area (Å²) in [7, 11) is 5.28. The lowest BCUT2D eigenvalue weighted by atomic mass is 10.1. The van der Waals surface area contributed by atoms with Gasteiger partial charge in [-0.2, -0.15) is 0 Å². The number of nitrogens with one attached hydrogen (secondary N) is 2. The Balaban J connectivity index is 1.75. The van der Waals surface area contributed by atoms with Crippen molar-refractivity contribution in [3.8, 4) is 11.5 Å². The lowest BCUT2D eigenvalue weighted by molar-refractivity contribution is -0.885. The fraction of sp³-hybridized carbons (Fsp3) is 0.381. The van der Waals surface area contributed by atoms with E-state index in [2.05, 4.69) is 35.8 Å². The number of quaternary nitrogens is 1. The third-order valence-corrected chi connectivity index (χ3v) is 5.05. The van der Waals surface area contributed by atoms with Gasteiger partial charge in [0.15, 0.2) is 18.0 Å². The molecule has 0 heterocycles. The zero-order chi connectivity index (χ0) is 19.6. The smallest absolute Gasteiger partial charge is 0.275 e. The van der Waals surface area contributed by atoms with Gasteiger partial charge in [-0.05, 0) is 42.5 Å². The highest BCUT2D eigenvalue weighted by molar-refractivity contribution is 7.98. The predicted octanol–water partition coefficient (Wildman–Crippen LogP) is 1.80. The molecule has 6 heteroatoms. The van der Waals surface area contributed by atoms with E-state index < -0.39 is 0 Å². The van der Waals surface area contributed by atoms with Crippen molar-refractivity contribution >= 4 is 17.7 Å². The second kappa shape index (κ2) is 10.8. The number of hydrogen-bond acceptors (Lipinski definition) is 4. The van der Waals surface area contributed by atoms with Gasteiger partial charge in [0, 0.05) is 17.0 Å². The van der Waals surface area contributed by atoms with E-state index in [9.17, 15) is 4.79 Å². The first kappa shape index (κ1) is 21.1. The molecule has 0 radical (unpaired) electrons. The van der Waals surface area contributed by atoms with Crippen molar-refractivity contribution in [1.29, 1.82) is 0 Å². The molecule has 2 aromatic rings. The molecule has 1 atom stereocenters. The zero-order valence-electron chi connectivity index (χ0n) is 16.5. The Bertz CT molecular complexity index is 735. The van der Waals surface area contributed by atoms with E-state index in [1.807, 2.05) is 25.2 Å². The molecule has 2 aromatic carbocycles. The number of amides is 1. The first-order valence-electron chi connectivity index (χ1n) is 8.97. The van der Waals surface area contributed by atoms with Crippen LogP contribution in [0.5, 0.6) is 11.5 Å². The predicted molar refractivity (Wildman–Crippen MR) is 110 cm³/mol. The van der Waals surface area contributed by atoms with Crippen molar-refractivity contribution in [1.82, 2.24) is 5.32 Å². The summed E-state index contributed by atoms with van der Waals surface area (Å²) in [5.41, 5.74) is 2.34. The Kier molecular flexibility index (Phi) is 8.48. The van der Waals surface area contributed by atoms with E-state index >= 15 is 0 Å². The van der Waals surface area contributed by atoms with Crippen LogP contribution in [0.2, 0.25) is 0 Å². The largest absolute Gasteiger partial charge is 0.493 e. The Labute approximate surface area is 166 Å². The van der Waals surface area contributed by atoms with Crippen molar-refractivity contribution in [2.75, 3.05) is 40.6 Å². The molecule has 0 aliphatic carbocycles. The van der Waals surface area contributed by atoms with Crippen LogP contribution in [0.25, 0.3) is 0 Å². The zero-order valence-corrected chi connectivity index (χ0v) is 17.3. The Morgan fingerprint density at radius 3 is 2.33 bits per heavy atom. The molecule has 27 heavy (non-hydrogen) atoms. The van der Waals surface area contributed by atoms with E-state index in [0.717, 1.165) is 23.4 Å². The summed E-state index contributed by atoms with van der Waals surface area (Å²) in [6.45, 7) is 1.89. The van der Waals surface area contributed by atoms with E-state index in [0.29, 0.717) is 24.6 Å². The fourth-order valence-electron chi connectivity index (χ4n) is 2.87. The average Bonchev–Trinajstić information content (AvgIpc) is 2.68. The van der Waals surface area contributed by atoms with Crippen LogP contribution in [0, 0.1) is 0 Å². The van der Waals surface area contributed by atoms with Crippen LogP contribution in [0.4, 0.5) is 0 Å². The molecule has 0 spiro atoms. The summed E-state index contributed by atoms with van der Waals surface area (Å²) in [5.74, 6) is 1.48. The maximum atomic E-state index is 12.2. The van der Waals surface area contributed by atoms with Gasteiger partial charge < -0.3 is 19.7 Å². The summed E-state index contributed by atoms with van der Waals surface area (Å²) in [5, 5.41) is 3.00. The molecule has 0 aliphatic heterocycles. The standard InChI is InChI=1S/C21H28N2O3S/c1-23(14-17-5-8-18(27-4)9-6-17)15-21(24)22-12-11-16-7-10-19(25-2)20(13-16)26-3/h5-10,13H,11-12,14-15H2,1-4H3,(H,22,24)/p+1. The molecule has 2 rings (SSSR count). The number of ether oxygens (including phenoxy) is 2. The van der Waals surface area contributed by atoms with Crippen LogP contribution in [0.3, 0.4) is 0 Å². The number of hydrogen-bond donors (Lipinski definition) is 2. The highest BCUT2D eigenvalue weighted by atomic mass is 32.2. The van der Waals surface area contributed by atoms with Crippen molar-refractivity contribution in [2.45, 2.75) is 17.9 Å². The normalized spacial score (nSPS) is 11.7. The average molecular weight is 390 g/mol. The van der Waals surface area contributed by atoms with Gasteiger partial charge >= 0.3 is 0 Å². The van der Waals surface area contributed by atoms with Crippen LogP contribution >= 0.6 is 11.8 Å². The Morgan fingerprint density at radius 1 is 1.04 bits per heavy atom. The molecule has 2 N–H and O–H groups in total. The third kappa shape index (κ3) is 6.81. The number of thioether (sulfide) groups is 1. The van der Waals surface area contributed by atoms with Gasteiger partial charge in [0.2, 0.25) is 0 Å². The molecule has 0 saturated heterocycles. The monoisotopic (exact) mass is 389 g/mol. The van der Waals surface area contributed by atoms with E-state index in [1.165, 1.54) is 10.5 Å². The van der Waals surface area contributed by atoms with Crippen LogP contribution in [-0.4, -0.2) is 46.5 Å². The van der Waals surface area contributed by atoms with Crippen LogP contribution in [0.15, 0.2) is 47.4 Å². The summed E-state index contributed by atoms with van der Waals surface area (Å²) >= 11 is 1.73. The number of benzene rings is 2. The minimum atomic E-state index is 0.0636. The van der Waals surface area contributed by atoms with Gasteiger partial charge in [0.05, 0.1) is 21.3 Å². The number of likely N-dealkylation sites (N-methyl/N-ethyl adjacent to an activating group) is 1. The topological polar surface area (TPSA) is 52.0 Å². The van der Waals surface area contributed by atoms with Crippen molar-refractivity contribution in [3.05, 3.63) is 53.6 Å². The molecule has 146 valence electrons. The van der Waals surface area contributed by atoms with Gasteiger partial charge in [-0.1, -0.05) is 18.2 Å². The van der Waals surface area contributed by atoms with Crippen LogP contribution < -0.4 is 19.7 Å². The van der Waals surface area contributed by atoms with Crippen molar-refractivity contribution in [2.24, 2.45) is 0 Å². The number of carbonyl (C=O) groups excluding carboxylic acids is 1. The van der Waals surface area contributed by atoms with E-state index in [1.54, 1.807) is 26.0 Å². The van der Waals surface area contributed by atoms with Crippen LogP contribution in [0.1, 0.15) is 11.1 Å². The first-order chi connectivity index (χ1) is 13.0. The maximum absolute atomic E-state index is 12.2. The van der Waals surface area contributed by atoms with Crippen molar-refractivity contribution < 1.29 is 19.2 Å². The van der Waals surface area contributed by atoms with Crippen LogP contribution in [-0.2, 0) is 17.8 Å². The molecule has 0 saturated carbocycles. The molecule has 1 unspecified atom stereocenters. The second-order valence-corrected chi connectivity index (χ2v) is 7.33.